The third kappa shape index (κ3) is 2.60. The van der Waals surface area contributed by atoms with E-state index in [0.717, 1.165) is 0 Å². The molecule has 0 bridgehead atoms. The van der Waals surface area contributed by atoms with Crippen LogP contribution in [-0.2, 0) is 15.0 Å². The average molecular weight is 267 g/mol. The monoisotopic (exact) mass is 267 g/mol. The van der Waals surface area contributed by atoms with E-state index in [4.69, 9.17) is 5.11 Å². The summed E-state index contributed by atoms with van der Waals surface area (Å²) in [6, 6.07) is 3.23. The summed E-state index contributed by atoms with van der Waals surface area (Å²) in [5.74, 6) is -0.727. The molecule has 0 unspecified atom stereocenters. The zero-order chi connectivity index (χ0) is 13.2. The molecule has 0 saturated carbocycles. The van der Waals surface area contributed by atoms with Gasteiger partial charge < -0.3 is 5.11 Å². The third-order valence-electron chi connectivity index (χ3n) is 2.14. The number of ketones is 1. The number of pyridine rings is 1. The van der Waals surface area contributed by atoms with Gasteiger partial charge in [0.2, 0.25) is 5.78 Å². The molecule has 0 aromatic carbocycles. The molecule has 1 aromatic rings. The number of Topliss-reactive ketones (excluding diaryl/α,β-unsaturated/α-hetero) is 1. The topological polar surface area (TPSA) is 109 Å². The van der Waals surface area contributed by atoms with Gasteiger partial charge in [-0.3, -0.25) is 14.5 Å². The molecule has 8 heteroatoms. The maximum absolute atomic E-state index is 11.5. The minimum Gasteiger partial charge on any atom is -0.388 e. The van der Waals surface area contributed by atoms with E-state index in [1.165, 1.54) is 18.5 Å². The molecule has 0 atom stereocenters. The number of nitrogens with one attached hydrogen (secondary N) is 1. The lowest BCUT2D eigenvalue weighted by Gasteiger charge is -2.13. The van der Waals surface area contributed by atoms with E-state index in [1.807, 2.05) is 4.72 Å². The van der Waals surface area contributed by atoms with Crippen LogP contribution >= 0.6 is 0 Å². The number of hydrogen-bond acceptors (Lipinski definition) is 5. The second kappa shape index (κ2) is 4.67. The van der Waals surface area contributed by atoms with Crippen molar-refractivity contribution in [1.29, 1.82) is 0 Å². The van der Waals surface area contributed by atoms with Crippen LogP contribution in [0.5, 0.6) is 0 Å². The summed E-state index contributed by atoms with van der Waals surface area (Å²) in [4.78, 5) is 15.2. The molecular weight excluding hydrogens is 258 g/mol. The fraction of sp³-hybridized carbons (Fsp3) is 0.100. The van der Waals surface area contributed by atoms with Crippen molar-refractivity contribution in [3.8, 4) is 0 Å². The average Bonchev–Trinajstić information content (AvgIpc) is 2.37. The zero-order valence-electron chi connectivity index (χ0n) is 9.07. The number of carbonyl (C=O) groups is 1. The Morgan fingerprint density at radius 2 is 2.22 bits per heavy atom. The number of allylic oxidation sites excluding steroid dienone is 1. The number of aromatic nitrogens is 1. The van der Waals surface area contributed by atoms with Crippen LogP contribution in [0.25, 0.3) is 0 Å². The minimum absolute atomic E-state index is 0.0960. The molecule has 2 heterocycles. The molecule has 7 nitrogen and oxygen atoms in total. The first kappa shape index (κ1) is 12.4. The van der Waals surface area contributed by atoms with Gasteiger partial charge in [0.05, 0.1) is 11.4 Å². The van der Waals surface area contributed by atoms with Gasteiger partial charge in [0.15, 0.2) is 0 Å². The number of rotatable bonds is 3. The first-order valence-electron chi connectivity index (χ1n) is 4.91. The highest BCUT2D eigenvalue weighted by molar-refractivity contribution is 7.88. The molecule has 1 aliphatic rings. The highest BCUT2D eigenvalue weighted by atomic mass is 32.2. The van der Waals surface area contributed by atoms with E-state index in [0.29, 0.717) is 5.56 Å². The van der Waals surface area contributed by atoms with Gasteiger partial charge in [-0.1, -0.05) is 0 Å². The standard InChI is InChI=1S/C10H9N3O4S/c14-6-10(15)9-4-8(12-18(16,17)13-9)7-2-1-3-11-5-7/h1-5,13-14H,6H2. The third-order valence-corrected chi connectivity index (χ3v) is 3.05. The highest BCUT2D eigenvalue weighted by Gasteiger charge is 2.22. The van der Waals surface area contributed by atoms with Crippen LogP contribution < -0.4 is 4.72 Å². The van der Waals surface area contributed by atoms with E-state index in [-0.39, 0.29) is 11.4 Å². The SMILES string of the molecule is O=C(CO)C1=CC(c2cccnc2)=NS(=O)(=O)N1. The van der Waals surface area contributed by atoms with Gasteiger partial charge in [-0.2, -0.15) is 8.42 Å². The molecule has 1 aromatic heterocycles. The Morgan fingerprint density at radius 1 is 1.44 bits per heavy atom. The van der Waals surface area contributed by atoms with Gasteiger partial charge in [0, 0.05) is 18.0 Å². The minimum atomic E-state index is -3.97. The smallest absolute Gasteiger partial charge is 0.342 e. The van der Waals surface area contributed by atoms with Crippen LogP contribution in [0, 0.1) is 0 Å². The van der Waals surface area contributed by atoms with Gasteiger partial charge in [-0.15, -0.1) is 4.40 Å². The largest absolute Gasteiger partial charge is 0.388 e. The van der Waals surface area contributed by atoms with E-state index in [9.17, 15) is 13.2 Å². The van der Waals surface area contributed by atoms with Crippen molar-refractivity contribution in [2.75, 3.05) is 6.61 Å². The molecule has 2 N–H and O–H groups in total. The summed E-state index contributed by atoms with van der Waals surface area (Å²) in [6.07, 6.45) is 4.22. The second-order valence-electron chi connectivity index (χ2n) is 3.43. The molecule has 2 rings (SSSR count). The molecule has 1 aliphatic heterocycles. The van der Waals surface area contributed by atoms with Crippen molar-refractivity contribution < 1.29 is 18.3 Å². The number of nitrogens with zero attached hydrogens (tertiary/aromatic N) is 2. The van der Waals surface area contributed by atoms with E-state index >= 15 is 0 Å². The lowest BCUT2D eigenvalue weighted by atomic mass is 10.1. The van der Waals surface area contributed by atoms with Crippen LogP contribution in [-0.4, -0.2) is 36.6 Å². The van der Waals surface area contributed by atoms with Crippen molar-refractivity contribution in [2.24, 2.45) is 4.40 Å². The summed E-state index contributed by atoms with van der Waals surface area (Å²) in [7, 11) is -3.97. The molecule has 18 heavy (non-hydrogen) atoms. The Hall–Kier alpha value is -2.06. The first-order chi connectivity index (χ1) is 8.52. The van der Waals surface area contributed by atoms with Crippen molar-refractivity contribution in [1.82, 2.24) is 9.71 Å². The van der Waals surface area contributed by atoms with Crippen molar-refractivity contribution in [3.05, 3.63) is 41.9 Å². The van der Waals surface area contributed by atoms with Crippen molar-refractivity contribution in [2.45, 2.75) is 0 Å². The maximum atomic E-state index is 11.5. The zero-order valence-corrected chi connectivity index (χ0v) is 9.88. The molecular formula is C10H9N3O4S. The van der Waals surface area contributed by atoms with Crippen LogP contribution in [0.4, 0.5) is 0 Å². The maximum Gasteiger partial charge on any atom is 0.342 e. The second-order valence-corrected chi connectivity index (χ2v) is 4.77. The molecule has 0 fully saturated rings. The summed E-state index contributed by atoms with van der Waals surface area (Å²) < 4.78 is 28.4. The van der Waals surface area contributed by atoms with Crippen molar-refractivity contribution >= 4 is 21.7 Å². The van der Waals surface area contributed by atoms with Gasteiger partial charge in [-0.05, 0) is 18.2 Å². The Labute approximate surface area is 103 Å². The summed E-state index contributed by atoms with van der Waals surface area (Å²) in [5.41, 5.74) is 0.343. The lowest BCUT2D eigenvalue weighted by molar-refractivity contribution is -0.118. The number of aliphatic hydroxyl groups is 1. The molecule has 0 aliphatic carbocycles. The highest BCUT2D eigenvalue weighted by Crippen LogP contribution is 2.11. The van der Waals surface area contributed by atoms with Crippen LogP contribution in [0.15, 0.2) is 40.7 Å². The van der Waals surface area contributed by atoms with Gasteiger partial charge >= 0.3 is 10.2 Å². The van der Waals surface area contributed by atoms with Gasteiger partial charge in [0.1, 0.15) is 6.61 Å². The molecule has 0 saturated heterocycles. The predicted octanol–water partition coefficient (Wildman–Crippen LogP) is -0.836. The molecule has 94 valence electrons. The molecule has 0 radical (unpaired) electrons. The number of carbonyl (C=O) groups excluding carboxylic acids is 1. The summed E-state index contributed by atoms with van der Waals surface area (Å²) in [6.45, 7) is -0.783. The van der Waals surface area contributed by atoms with Crippen LogP contribution in [0.3, 0.4) is 0 Å². The Balaban J connectivity index is 2.49. The Morgan fingerprint density at radius 3 is 2.83 bits per heavy atom. The fourth-order valence-corrected chi connectivity index (χ4v) is 2.27. The predicted molar refractivity (Wildman–Crippen MR) is 63.0 cm³/mol. The number of aliphatic hydroxyl groups excluding tert-OH is 1. The van der Waals surface area contributed by atoms with Gasteiger partial charge in [-0.25, -0.2) is 0 Å². The normalized spacial score (nSPS) is 17.4. The van der Waals surface area contributed by atoms with E-state index in [1.54, 1.807) is 12.1 Å². The summed E-state index contributed by atoms with van der Waals surface area (Å²) in [5, 5.41) is 8.74. The van der Waals surface area contributed by atoms with Gasteiger partial charge in [0.25, 0.3) is 0 Å². The van der Waals surface area contributed by atoms with E-state index < -0.39 is 22.6 Å². The van der Waals surface area contributed by atoms with E-state index in [2.05, 4.69) is 9.38 Å². The lowest BCUT2D eigenvalue weighted by Crippen LogP contribution is -2.32. The first-order valence-corrected chi connectivity index (χ1v) is 6.35. The number of hydrogen-bond donors (Lipinski definition) is 2. The fourth-order valence-electron chi connectivity index (χ4n) is 1.36. The Bertz CT molecular complexity index is 634. The van der Waals surface area contributed by atoms with Crippen LogP contribution in [0.2, 0.25) is 0 Å². The molecule has 0 amide bonds. The quantitative estimate of drug-likeness (QED) is 0.742. The summed E-state index contributed by atoms with van der Waals surface area (Å²) >= 11 is 0. The van der Waals surface area contributed by atoms with Crippen molar-refractivity contribution in [3.63, 3.8) is 0 Å². The molecule has 0 spiro atoms. The Kier molecular flexibility index (Phi) is 3.21. The van der Waals surface area contributed by atoms with Crippen LogP contribution in [0.1, 0.15) is 5.56 Å².